The number of rotatable bonds is 7. The van der Waals surface area contributed by atoms with Crippen LogP contribution < -0.4 is 16.0 Å². The Morgan fingerprint density at radius 3 is 2.41 bits per heavy atom. The van der Waals surface area contributed by atoms with Crippen LogP contribution >= 0.6 is 0 Å². The van der Waals surface area contributed by atoms with Crippen molar-refractivity contribution >= 4 is 23.4 Å². The van der Waals surface area contributed by atoms with Crippen LogP contribution in [-0.4, -0.2) is 24.8 Å². The molecule has 0 fully saturated rings. The van der Waals surface area contributed by atoms with Crippen LogP contribution in [-0.2, 0) is 4.74 Å². The molecule has 7 heteroatoms. The third-order valence-corrected chi connectivity index (χ3v) is 3.53. The topological polar surface area (TPSA) is 79.5 Å². The molecular formula is C20H24FN3O3. The number of anilines is 2. The average molecular weight is 373 g/mol. The highest BCUT2D eigenvalue weighted by Crippen LogP contribution is 2.21. The van der Waals surface area contributed by atoms with E-state index in [-0.39, 0.29) is 17.2 Å². The normalized spacial score (nSPS) is 11.6. The zero-order valence-electron chi connectivity index (χ0n) is 15.6. The van der Waals surface area contributed by atoms with Crippen molar-refractivity contribution in [2.24, 2.45) is 5.92 Å². The van der Waals surface area contributed by atoms with Crippen molar-refractivity contribution in [2.45, 2.75) is 26.9 Å². The summed E-state index contributed by atoms with van der Waals surface area (Å²) in [4.78, 5) is 24.3. The minimum absolute atomic E-state index is 0.134. The van der Waals surface area contributed by atoms with E-state index < -0.39 is 24.0 Å². The zero-order valence-corrected chi connectivity index (χ0v) is 15.6. The van der Waals surface area contributed by atoms with E-state index in [1.807, 2.05) is 19.9 Å². The van der Waals surface area contributed by atoms with Gasteiger partial charge in [-0.3, -0.25) is 4.79 Å². The Kier molecular flexibility index (Phi) is 7.16. The van der Waals surface area contributed by atoms with Gasteiger partial charge in [0.15, 0.2) is 0 Å². The first-order valence-electron chi connectivity index (χ1n) is 8.71. The number of alkyl carbamates (subject to hydrolysis) is 1. The molecule has 0 unspecified atom stereocenters. The minimum Gasteiger partial charge on any atom is -0.449 e. The van der Waals surface area contributed by atoms with Crippen LogP contribution in [0.1, 0.15) is 31.1 Å². The molecule has 0 aromatic heterocycles. The predicted molar refractivity (Wildman–Crippen MR) is 103 cm³/mol. The second-order valence-corrected chi connectivity index (χ2v) is 6.49. The molecule has 0 heterocycles. The van der Waals surface area contributed by atoms with E-state index >= 15 is 0 Å². The third kappa shape index (κ3) is 6.29. The number of benzene rings is 2. The van der Waals surface area contributed by atoms with Gasteiger partial charge in [0, 0.05) is 5.69 Å². The first-order valence-corrected chi connectivity index (χ1v) is 8.71. The molecular weight excluding hydrogens is 349 g/mol. The lowest BCUT2D eigenvalue weighted by molar-refractivity contribution is 0.102. The summed E-state index contributed by atoms with van der Waals surface area (Å²) in [6.07, 6.45) is -1.16. The van der Waals surface area contributed by atoms with Crippen molar-refractivity contribution in [3.8, 4) is 0 Å². The molecule has 0 radical (unpaired) electrons. The van der Waals surface area contributed by atoms with Gasteiger partial charge >= 0.3 is 6.09 Å². The maximum absolute atomic E-state index is 14.3. The van der Waals surface area contributed by atoms with Gasteiger partial charge < -0.3 is 20.7 Å². The highest BCUT2D eigenvalue weighted by molar-refractivity contribution is 6.08. The van der Waals surface area contributed by atoms with Crippen LogP contribution in [0.4, 0.5) is 20.6 Å². The number of carbonyl (C=O) groups is 2. The number of ether oxygens (including phenoxy) is 1. The standard InChI is InChI=1S/C20H24FN3O3/c1-13(2)12-27-20(26)23-14(3)22-17-11-7-10-16(21)18(17)19(25)24-15-8-5-4-6-9-15/h4-11,13-14,22H,12H2,1-3H3,(H,23,26)(H,24,25)/t14-/m0/s1. The van der Waals surface area contributed by atoms with Gasteiger partial charge in [0.25, 0.3) is 5.91 Å². The molecule has 0 aliphatic heterocycles. The van der Waals surface area contributed by atoms with Crippen LogP contribution in [0, 0.1) is 11.7 Å². The number of halogens is 1. The van der Waals surface area contributed by atoms with Crippen LogP contribution in [0.25, 0.3) is 0 Å². The number of hydrogen-bond donors (Lipinski definition) is 3. The Labute approximate surface area is 158 Å². The second-order valence-electron chi connectivity index (χ2n) is 6.49. The van der Waals surface area contributed by atoms with E-state index in [0.717, 1.165) is 0 Å². The maximum Gasteiger partial charge on any atom is 0.408 e. The number of para-hydroxylation sites is 1. The third-order valence-electron chi connectivity index (χ3n) is 3.53. The summed E-state index contributed by atoms with van der Waals surface area (Å²) < 4.78 is 19.4. The highest BCUT2D eigenvalue weighted by Gasteiger charge is 2.19. The summed E-state index contributed by atoms with van der Waals surface area (Å²) in [7, 11) is 0. The molecule has 0 aliphatic rings. The van der Waals surface area contributed by atoms with Crippen LogP contribution in [0.2, 0.25) is 0 Å². The molecule has 0 bridgehead atoms. The fourth-order valence-electron chi connectivity index (χ4n) is 2.32. The summed E-state index contributed by atoms with van der Waals surface area (Å²) in [6.45, 7) is 5.82. The number of carbonyl (C=O) groups excluding carboxylic acids is 2. The van der Waals surface area contributed by atoms with Gasteiger partial charge in [-0.15, -0.1) is 0 Å². The zero-order chi connectivity index (χ0) is 19.8. The molecule has 2 amide bonds. The Balaban J connectivity index is 2.08. The predicted octanol–water partition coefficient (Wildman–Crippen LogP) is 4.22. The lowest BCUT2D eigenvalue weighted by Crippen LogP contribution is -2.39. The van der Waals surface area contributed by atoms with E-state index in [9.17, 15) is 14.0 Å². The molecule has 2 aromatic rings. The van der Waals surface area contributed by atoms with Gasteiger partial charge in [-0.1, -0.05) is 38.1 Å². The number of amides is 2. The summed E-state index contributed by atoms with van der Waals surface area (Å²) in [5.41, 5.74) is 0.686. The summed E-state index contributed by atoms with van der Waals surface area (Å²) >= 11 is 0. The van der Waals surface area contributed by atoms with E-state index in [2.05, 4.69) is 16.0 Å². The van der Waals surface area contributed by atoms with Crippen LogP contribution in [0.3, 0.4) is 0 Å². The molecule has 2 rings (SSSR count). The summed E-state index contributed by atoms with van der Waals surface area (Å²) in [5.74, 6) is -1.03. The monoisotopic (exact) mass is 373 g/mol. The van der Waals surface area contributed by atoms with Gasteiger partial charge in [-0.2, -0.15) is 0 Å². The summed E-state index contributed by atoms with van der Waals surface area (Å²) in [6, 6.07) is 13.0. The Bertz CT molecular complexity index is 781. The van der Waals surface area contributed by atoms with E-state index in [1.54, 1.807) is 37.3 Å². The molecule has 0 aliphatic carbocycles. The Hall–Kier alpha value is -3.09. The van der Waals surface area contributed by atoms with E-state index in [0.29, 0.717) is 12.3 Å². The fourth-order valence-corrected chi connectivity index (χ4v) is 2.32. The van der Waals surface area contributed by atoms with E-state index in [4.69, 9.17) is 4.74 Å². The average Bonchev–Trinajstić information content (AvgIpc) is 2.60. The summed E-state index contributed by atoms with van der Waals surface area (Å²) in [5, 5.41) is 8.17. The first-order chi connectivity index (χ1) is 12.9. The molecule has 3 N–H and O–H groups in total. The smallest absolute Gasteiger partial charge is 0.408 e. The van der Waals surface area contributed by atoms with Crippen LogP contribution in [0.5, 0.6) is 0 Å². The van der Waals surface area contributed by atoms with Crippen molar-refractivity contribution in [3.63, 3.8) is 0 Å². The molecule has 1 atom stereocenters. The molecule has 6 nitrogen and oxygen atoms in total. The minimum atomic E-state index is -0.664. The SMILES string of the molecule is CC(C)COC(=O)N[C@@H](C)Nc1cccc(F)c1C(=O)Nc1ccccc1. The van der Waals surface area contributed by atoms with Crippen molar-refractivity contribution in [1.29, 1.82) is 0 Å². The first kappa shape index (κ1) is 20.2. The lowest BCUT2D eigenvalue weighted by Gasteiger charge is -2.19. The lowest BCUT2D eigenvalue weighted by atomic mass is 10.1. The molecule has 27 heavy (non-hydrogen) atoms. The molecule has 0 spiro atoms. The Morgan fingerprint density at radius 2 is 1.74 bits per heavy atom. The highest BCUT2D eigenvalue weighted by atomic mass is 19.1. The quantitative estimate of drug-likeness (QED) is 0.635. The van der Waals surface area contributed by atoms with Gasteiger partial charge in [0.1, 0.15) is 5.82 Å². The van der Waals surface area contributed by atoms with Crippen molar-refractivity contribution < 1.29 is 18.7 Å². The van der Waals surface area contributed by atoms with Crippen molar-refractivity contribution in [3.05, 3.63) is 59.9 Å². The van der Waals surface area contributed by atoms with Crippen molar-refractivity contribution in [1.82, 2.24) is 5.32 Å². The van der Waals surface area contributed by atoms with Gasteiger partial charge in [0.05, 0.1) is 24.0 Å². The van der Waals surface area contributed by atoms with Gasteiger partial charge in [-0.25, -0.2) is 9.18 Å². The van der Waals surface area contributed by atoms with Crippen LogP contribution in [0.15, 0.2) is 48.5 Å². The number of hydrogen-bond acceptors (Lipinski definition) is 4. The fraction of sp³-hybridized carbons (Fsp3) is 0.300. The molecule has 0 saturated carbocycles. The number of nitrogens with one attached hydrogen (secondary N) is 3. The van der Waals surface area contributed by atoms with Gasteiger partial charge in [0.2, 0.25) is 0 Å². The Morgan fingerprint density at radius 1 is 1.04 bits per heavy atom. The van der Waals surface area contributed by atoms with Crippen molar-refractivity contribution in [2.75, 3.05) is 17.2 Å². The molecule has 2 aromatic carbocycles. The molecule has 144 valence electrons. The largest absolute Gasteiger partial charge is 0.449 e. The molecule has 0 saturated heterocycles. The van der Waals surface area contributed by atoms with Gasteiger partial charge in [-0.05, 0) is 37.1 Å². The van der Waals surface area contributed by atoms with E-state index in [1.165, 1.54) is 12.1 Å². The maximum atomic E-state index is 14.3. The second kappa shape index (κ2) is 9.56.